The molecule has 2 rings (SSSR count). The molecule has 0 spiro atoms. The van der Waals surface area contributed by atoms with Crippen LogP contribution in [0.3, 0.4) is 0 Å². The number of aliphatic imine (C=N–C) groups is 1. The van der Waals surface area contributed by atoms with Crippen LogP contribution in [0.25, 0.3) is 0 Å². The molecular weight excluding hydrogens is 128 g/mol. The molecule has 0 atom stereocenters. The van der Waals surface area contributed by atoms with Crippen LogP contribution in [0.4, 0.5) is 0 Å². The monoisotopic (exact) mass is 134 g/mol. The highest BCUT2D eigenvalue weighted by atomic mass is 15.2. The lowest BCUT2D eigenvalue weighted by Gasteiger charge is -1.79. The van der Waals surface area contributed by atoms with Crippen LogP contribution in [-0.4, -0.2) is 12.9 Å². The Morgan fingerprint density at radius 2 is 2.10 bits per heavy atom. The Hall–Kier alpha value is -1.58. The second-order valence-corrected chi connectivity index (χ2v) is 1.56. The van der Waals surface area contributed by atoms with Crippen LogP contribution in [0.1, 0.15) is 0 Å². The standard InChI is InChI=1S/C5H3N3.CH3N/c1-2-6-5-3-7-8-4(1)5;1-2/h1-3H;2H,1H2. The lowest BCUT2D eigenvalue weighted by molar-refractivity contribution is 1.23. The molecule has 0 bridgehead atoms. The van der Waals surface area contributed by atoms with Gasteiger partial charge in [0.25, 0.3) is 0 Å². The van der Waals surface area contributed by atoms with Crippen molar-refractivity contribution in [1.82, 2.24) is 0 Å². The van der Waals surface area contributed by atoms with Gasteiger partial charge in [0.2, 0.25) is 0 Å². The van der Waals surface area contributed by atoms with Gasteiger partial charge in [0.15, 0.2) is 0 Å². The Labute approximate surface area is 58.2 Å². The normalized spacial score (nSPS) is 17.2. The minimum atomic E-state index is 0.880. The third-order valence-corrected chi connectivity index (χ3v) is 1.05. The molecule has 0 aromatic heterocycles. The molecule has 0 amide bonds. The first-order valence-electron chi connectivity index (χ1n) is 2.68. The molecule has 0 radical (unpaired) electrons. The van der Waals surface area contributed by atoms with Crippen molar-refractivity contribution in [3.63, 3.8) is 0 Å². The van der Waals surface area contributed by atoms with E-state index in [1.54, 1.807) is 12.4 Å². The highest BCUT2D eigenvalue weighted by Crippen LogP contribution is 2.22. The molecule has 0 aromatic carbocycles. The maximum absolute atomic E-state index is 5.50. The van der Waals surface area contributed by atoms with E-state index in [0.29, 0.717) is 0 Å². The van der Waals surface area contributed by atoms with E-state index >= 15 is 0 Å². The summed E-state index contributed by atoms with van der Waals surface area (Å²) in [7, 11) is 0. The van der Waals surface area contributed by atoms with E-state index in [1.807, 2.05) is 6.08 Å². The molecule has 50 valence electrons. The first kappa shape index (κ1) is 6.54. The average molecular weight is 134 g/mol. The van der Waals surface area contributed by atoms with E-state index in [-0.39, 0.29) is 0 Å². The highest BCUT2D eigenvalue weighted by molar-refractivity contribution is 5.79. The molecule has 0 unspecified atom stereocenters. The number of nitrogens with one attached hydrogen (secondary N) is 1. The van der Waals surface area contributed by atoms with Crippen LogP contribution in [-0.2, 0) is 0 Å². The smallest absolute Gasteiger partial charge is 0.114 e. The number of hydrogen-bond donors (Lipinski definition) is 1. The lowest BCUT2D eigenvalue weighted by Crippen LogP contribution is -1.66. The van der Waals surface area contributed by atoms with Crippen molar-refractivity contribution in [2.75, 3.05) is 0 Å². The topological polar surface area (TPSA) is 60.9 Å². The Bertz CT molecular complexity index is 220. The van der Waals surface area contributed by atoms with E-state index in [4.69, 9.17) is 5.41 Å². The van der Waals surface area contributed by atoms with Crippen molar-refractivity contribution >= 4 is 12.9 Å². The minimum Gasteiger partial charge on any atom is -0.317 e. The number of fused-ring (bicyclic) bond motifs is 1. The van der Waals surface area contributed by atoms with Gasteiger partial charge in [-0.1, -0.05) is 0 Å². The van der Waals surface area contributed by atoms with Gasteiger partial charge in [-0.2, -0.15) is 5.11 Å². The van der Waals surface area contributed by atoms with Gasteiger partial charge in [0, 0.05) is 6.21 Å². The van der Waals surface area contributed by atoms with E-state index in [1.165, 1.54) is 0 Å². The molecule has 10 heavy (non-hydrogen) atoms. The Morgan fingerprint density at radius 1 is 1.30 bits per heavy atom. The molecule has 2 aliphatic heterocycles. The summed E-state index contributed by atoms with van der Waals surface area (Å²) in [4.78, 5) is 3.95. The molecule has 1 N–H and O–H groups in total. The van der Waals surface area contributed by atoms with Gasteiger partial charge in [-0.3, -0.25) is 4.99 Å². The third kappa shape index (κ3) is 0.907. The van der Waals surface area contributed by atoms with E-state index in [2.05, 4.69) is 21.9 Å². The molecule has 2 heterocycles. The van der Waals surface area contributed by atoms with Crippen LogP contribution in [0.2, 0.25) is 0 Å². The fourth-order valence-corrected chi connectivity index (χ4v) is 0.669. The average Bonchev–Trinajstić information content (AvgIpc) is 2.49. The van der Waals surface area contributed by atoms with Crippen molar-refractivity contribution < 1.29 is 0 Å². The van der Waals surface area contributed by atoms with Gasteiger partial charge in [-0.05, 0) is 12.8 Å². The molecule has 0 aromatic rings. The quantitative estimate of drug-likeness (QED) is 0.488. The van der Waals surface area contributed by atoms with Crippen molar-refractivity contribution in [3.05, 3.63) is 23.7 Å². The first-order chi connectivity index (χ1) is 4.97. The fourth-order valence-electron chi connectivity index (χ4n) is 0.669. The van der Waals surface area contributed by atoms with Gasteiger partial charge < -0.3 is 5.41 Å². The van der Waals surface area contributed by atoms with Gasteiger partial charge in [0.1, 0.15) is 11.4 Å². The van der Waals surface area contributed by atoms with E-state index in [0.717, 1.165) is 11.4 Å². The van der Waals surface area contributed by atoms with Crippen LogP contribution < -0.4 is 0 Å². The summed E-state index contributed by atoms with van der Waals surface area (Å²) in [5.41, 5.74) is 1.76. The second-order valence-electron chi connectivity index (χ2n) is 1.56. The number of azo groups is 1. The summed E-state index contributed by atoms with van der Waals surface area (Å²) < 4.78 is 0. The third-order valence-electron chi connectivity index (χ3n) is 1.05. The maximum Gasteiger partial charge on any atom is 0.114 e. The van der Waals surface area contributed by atoms with Crippen LogP contribution in [0.15, 0.2) is 38.9 Å². The Morgan fingerprint density at radius 3 is 2.80 bits per heavy atom. The zero-order valence-corrected chi connectivity index (χ0v) is 5.28. The second kappa shape index (κ2) is 2.82. The van der Waals surface area contributed by atoms with Crippen molar-refractivity contribution in [2.45, 2.75) is 0 Å². The summed E-state index contributed by atoms with van der Waals surface area (Å²) in [6.07, 6.45) is 5.21. The molecule has 4 heteroatoms. The van der Waals surface area contributed by atoms with Crippen molar-refractivity contribution in [1.29, 1.82) is 5.41 Å². The molecule has 0 fully saturated rings. The predicted octanol–water partition coefficient (Wildman–Crippen LogP) is 1.53. The predicted molar refractivity (Wildman–Crippen MR) is 39.4 cm³/mol. The molecule has 4 nitrogen and oxygen atoms in total. The zero-order valence-electron chi connectivity index (χ0n) is 5.28. The number of hydrogen-bond acceptors (Lipinski definition) is 4. The molecule has 0 saturated carbocycles. The van der Waals surface area contributed by atoms with Gasteiger partial charge in [-0.25, -0.2) is 0 Å². The number of nitrogens with zero attached hydrogens (tertiary/aromatic N) is 3. The van der Waals surface area contributed by atoms with E-state index in [9.17, 15) is 0 Å². The number of allylic oxidation sites excluding steroid dienone is 1. The largest absolute Gasteiger partial charge is 0.317 e. The molecule has 2 aliphatic rings. The first-order valence-corrected chi connectivity index (χ1v) is 2.68. The van der Waals surface area contributed by atoms with Crippen LogP contribution >= 0.6 is 0 Å². The van der Waals surface area contributed by atoms with Crippen LogP contribution in [0.5, 0.6) is 0 Å². The maximum atomic E-state index is 5.50. The highest BCUT2D eigenvalue weighted by Gasteiger charge is 2.09. The summed E-state index contributed by atoms with van der Waals surface area (Å²) in [5, 5.41) is 12.9. The molecular formula is C6H6N4. The summed E-state index contributed by atoms with van der Waals surface area (Å²) >= 11 is 0. The van der Waals surface area contributed by atoms with Crippen molar-refractivity contribution in [3.8, 4) is 0 Å². The van der Waals surface area contributed by atoms with Crippen molar-refractivity contribution in [2.24, 2.45) is 15.2 Å². The van der Waals surface area contributed by atoms with Crippen LogP contribution in [0, 0.1) is 5.41 Å². The van der Waals surface area contributed by atoms with E-state index < -0.39 is 0 Å². The Kier molecular flexibility index (Phi) is 1.84. The SMILES string of the molecule is C1=NC2=CN=NC2=C1.C=N. The zero-order chi connectivity index (χ0) is 7.40. The number of rotatable bonds is 0. The van der Waals surface area contributed by atoms with Gasteiger partial charge in [0.05, 0.1) is 6.20 Å². The fraction of sp³-hybridized carbons (Fsp3) is 0. The summed E-state index contributed by atoms with van der Waals surface area (Å²) in [6.45, 7) is 2.50. The minimum absolute atomic E-state index is 0.880. The summed E-state index contributed by atoms with van der Waals surface area (Å²) in [6, 6.07) is 0. The Balaban J connectivity index is 0.000000231. The summed E-state index contributed by atoms with van der Waals surface area (Å²) in [5.74, 6) is 0. The lowest BCUT2D eigenvalue weighted by atomic mass is 10.4. The van der Waals surface area contributed by atoms with Gasteiger partial charge >= 0.3 is 0 Å². The van der Waals surface area contributed by atoms with Gasteiger partial charge in [-0.15, -0.1) is 5.11 Å². The molecule has 0 aliphatic carbocycles. The molecule has 0 saturated heterocycles.